The summed E-state index contributed by atoms with van der Waals surface area (Å²) in [5.74, 6) is 1.31. The van der Waals surface area contributed by atoms with Gasteiger partial charge in [-0.15, -0.1) is 0 Å². The van der Waals surface area contributed by atoms with Gasteiger partial charge in [0.25, 0.3) is 0 Å². The van der Waals surface area contributed by atoms with Gasteiger partial charge in [-0.25, -0.2) is 9.37 Å². The molecule has 2 rings (SSSR count). The lowest BCUT2D eigenvalue weighted by molar-refractivity contribution is 0.534. The molecule has 0 spiro atoms. The van der Waals surface area contributed by atoms with Crippen LogP contribution in [0.25, 0.3) is 0 Å². The van der Waals surface area contributed by atoms with Crippen LogP contribution in [-0.4, -0.2) is 16.1 Å². The van der Waals surface area contributed by atoms with Crippen molar-refractivity contribution in [2.75, 3.05) is 6.54 Å². The molecule has 0 aliphatic rings. The van der Waals surface area contributed by atoms with Crippen LogP contribution < -0.4 is 5.32 Å². The lowest BCUT2D eigenvalue weighted by Crippen LogP contribution is -2.21. The third kappa shape index (κ3) is 4.38. The van der Waals surface area contributed by atoms with Gasteiger partial charge in [0.1, 0.15) is 11.6 Å². The average Bonchev–Trinajstić information content (AvgIpc) is 2.75. The summed E-state index contributed by atoms with van der Waals surface area (Å²) in [5.41, 5.74) is 1.74. The second-order valence-electron chi connectivity index (χ2n) is 5.64. The van der Waals surface area contributed by atoms with Crippen molar-refractivity contribution in [3.63, 3.8) is 0 Å². The van der Waals surface area contributed by atoms with Gasteiger partial charge in [-0.3, -0.25) is 0 Å². The molecule has 0 fully saturated rings. The zero-order chi connectivity index (χ0) is 15.4. The zero-order valence-corrected chi connectivity index (χ0v) is 14.2. The van der Waals surface area contributed by atoms with Crippen molar-refractivity contribution in [1.29, 1.82) is 0 Å². The first-order chi connectivity index (χ1) is 9.97. The predicted octanol–water partition coefficient (Wildman–Crippen LogP) is 3.89. The van der Waals surface area contributed by atoms with Gasteiger partial charge in [0.2, 0.25) is 0 Å². The molecule has 114 valence electrons. The average molecular weight is 354 g/mol. The van der Waals surface area contributed by atoms with Crippen molar-refractivity contribution < 1.29 is 4.39 Å². The Morgan fingerprint density at radius 2 is 2.14 bits per heavy atom. The van der Waals surface area contributed by atoms with Gasteiger partial charge >= 0.3 is 0 Å². The molecule has 0 saturated heterocycles. The molecule has 0 radical (unpaired) electrons. The summed E-state index contributed by atoms with van der Waals surface area (Å²) in [6.07, 6.45) is 1.86. The Morgan fingerprint density at radius 3 is 2.86 bits per heavy atom. The largest absolute Gasteiger partial charge is 0.326 e. The van der Waals surface area contributed by atoms with Crippen LogP contribution in [-0.2, 0) is 13.1 Å². The van der Waals surface area contributed by atoms with E-state index in [1.807, 2.05) is 19.2 Å². The van der Waals surface area contributed by atoms with E-state index in [1.165, 1.54) is 6.07 Å². The number of imidazole rings is 1. The molecule has 5 heteroatoms. The highest BCUT2D eigenvalue weighted by Gasteiger charge is 2.10. The Balaban J connectivity index is 2.15. The molecule has 0 atom stereocenters. The van der Waals surface area contributed by atoms with Crippen molar-refractivity contribution in [3.8, 4) is 0 Å². The summed E-state index contributed by atoms with van der Waals surface area (Å²) < 4.78 is 16.9. The fourth-order valence-electron chi connectivity index (χ4n) is 2.20. The van der Waals surface area contributed by atoms with E-state index in [4.69, 9.17) is 0 Å². The molecule has 1 aromatic carbocycles. The summed E-state index contributed by atoms with van der Waals surface area (Å²) in [5, 5.41) is 3.40. The Labute approximate surface area is 133 Å². The first-order valence-electron chi connectivity index (χ1n) is 7.13. The number of hydrogen-bond acceptors (Lipinski definition) is 2. The molecule has 2 aromatic rings. The Hall–Kier alpha value is -1.20. The summed E-state index contributed by atoms with van der Waals surface area (Å²) in [6, 6.07) is 5.02. The van der Waals surface area contributed by atoms with Gasteiger partial charge < -0.3 is 9.88 Å². The van der Waals surface area contributed by atoms with Gasteiger partial charge in [0, 0.05) is 22.8 Å². The van der Waals surface area contributed by atoms with Crippen LogP contribution in [0.5, 0.6) is 0 Å². The van der Waals surface area contributed by atoms with Crippen LogP contribution in [0.4, 0.5) is 4.39 Å². The van der Waals surface area contributed by atoms with Gasteiger partial charge in [-0.05, 0) is 37.6 Å². The quantitative estimate of drug-likeness (QED) is 0.853. The van der Waals surface area contributed by atoms with Crippen molar-refractivity contribution in [3.05, 3.63) is 51.8 Å². The topological polar surface area (TPSA) is 29.9 Å². The number of aromatic nitrogens is 2. The molecular formula is C16H21BrFN3. The molecule has 0 saturated carbocycles. The van der Waals surface area contributed by atoms with Gasteiger partial charge in [-0.1, -0.05) is 29.8 Å². The first kappa shape index (κ1) is 16.2. The van der Waals surface area contributed by atoms with E-state index < -0.39 is 0 Å². The maximum Gasteiger partial charge on any atom is 0.128 e. The van der Waals surface area contributed by atoms with E-state index in [-0.39, 0.29) is 5.82 Å². The number of hydrogen-bond donors (Lipinski definition) is 1. The number of nitrogens with zero attached hydrogens (tertiary/aromatic N) is 2. The van der Waals surface area contributed by atoms with E-state index in [0.717, 1.165) is 29.1 Å². The highest BCUT2D eigenvalue weighted by Crippen LogP contribution is 2.18. The van der Waals surface area contributed by atoms with Gasteiger partial charge in [0.05, 0.1) is 12.2 Å². The smallest absolute Gasteiger partial charge is 0.128 e. The first-order valence-corrected chi connectivity index (χ1v) is 7.92. The molecule has 1 N–H and O–H groups in total. The highest BCUT2D eigenvalue weighted by atomic mass is 79.9. The van der Waals surface area contributed by atoms with Crippen LogP contribution in [0.2, 0.25) is 0 Å². The van der Waals surface area contributed by atoms with E-state index in [1.54, 1.807) is 6.07 Å². The molecule has 1 aromatic heterocycles. The SMILES string of the molecule is Cc1ncc(CNCC(C)C)n1Cc1cc(Br)ccc1F. The number of halogens is 2. The van der Waals surface area contributed by atoms with Crippen LogP contribution in [0.1, 0.15) is 30.9 Å². The number of benzene rings is 1. The van der Waals surface area contributed by atoms with E-state index in [0.29, 0.717) is 18.0 Å². The molecule has 3 nitrogen and oxygen atoms in total. The normalized spacial score (nSPS) is 11.3. The standard InChI is InChI=1S/C16H21BrFN3/c1-11(2)7-19-8-15-9-20-12(3)21(15)10-13-6-14(17)4-5-16(13)18/h4-6,9,11,19H,7-8,10H2,1-3H3. The Bertz CT molecular complexity index is 608. The zero-order valence-electron chi connectivity index (χ0n) is 12.7. The minimum atomic E-state index is -0.188. The second-order valence-corrected chi connectivity index (χ2v) is 6.56. The summed E-state index contributed by atoms with van der Waals surface area (Å²) >= 11 is 3.39. The Morgan fingerprint density at radius 1 is 1.38 bits per heavy atom. The monoisotopic (exact) mass is 353 g/mol. The minimum Gasteiger partial charge on any atom is -0.326 e. The molecule has 0 aliphatic heterocycles. The minimum absolute atomic E-state index is 0.188. The molecule has 0 aliphatic carbocycles. The second kappa shape index (κ2) is 7.18. The van der Waals surface area contributed by atoms with E-state index >= 15 is 0 Å². The van der Waals surface area contributed by atoms with Crippen LogP contribution in [0.15, 0.2) is 28.9 Å². The third-order valence-electron chi connectivity index (χ3n) is 3.33. The molecular weight excluding hydrogens is 333 g/mol. The van der Waals surface area contributed by atoms with Crippen LogP contribution >= 0.6 is 15.9 Å². The highest BCUT2D eigenvalue weighted by molar-refractivity contribution is 9.10. The fourth-order valence-corrected chi connectivity index (χ4v) is 2.60. The maximum absolute atomic E-state index is 13.9. The fraction of sp³-hybridized carbons (Fsp3) is 0.438. The van der Waals surface area contributed by atoms with Crippen molar-refractivity contribution in [1.82, 2.24) is 14.9 Å². The number of aryl methyl sites for hydroxylation is 1. The molecule has 0 unspecified atom stereocenters. The predicted molar refractivity (Wildman–Crippen MR) is 86.7 cm³/mol. The number of rotatable bonds is 6. The summed E-state index contributed by atoms with van der Waals surface area (Å²) in [4.78, 5) is 4.35. The number of nitrogens with one attached hydrogen (secondary N) is 1. The van der Waals surface area contributed by atoms with E-state index in [9.17, 15) is 4.39 Å². The summed E-state index contributed by atoms with van der Waals surface area (Å²) in [6.45, 7) is 8.49. The van der Waals surface area contributed by atoms with Crippen molar-refractivity contribution >= 4 is 15.9 Å². The van der Waals surface area contributed by atoms with Gasteiger partial charge in [0.15, 0.2) is 0 Å². The molecule has 0 amide bonds. The van der Waals surface area contributed by atoms with Gasteiger partial charge in [-0.2, -0.15) is 0 Å². The Kier molecular flexibility index (Phi) is 5.53. The van der Waals surface area contributed by atoms with E-state index in [2.05, 4.69) is 44.6 Å². The van der Waals surface area contributed by atoms with Crippen LogP contribution in [0.3, 0.4) is 0 Å². The third-order valence-corrected chi connectivity index (χ3v) is 3.83. The molecule has 21 heavy (non-hydrogen) atoms. The lowest BCUT2D eigenvalue weighted by Gasteiger charge is -2.13. The molecule has 0 bridgehead atoms. The summed E-state index contributed by atoms with van der Waals surface area (Å²) in [7, 11) is 0. The van der Waals surface area contributed by atoms with Crippen molar-refractivity contribution in [2.45, 2.75) is 33.9 Å². The lowest BCUT2D eigenvalue weighted by atomic mass is 10.2. The van der Waals surface area contributed by atoms with Crippen LogP contribution in [0, 0.1) is 18.7 Å². The maximum atomic E-state index is 13.9. The van der Waals surface area contributed by atoms with Crippen molar-refractivity contribution in [2.24, 2.45) is 5.92 Å². The molecule has 1 heterocycles.